The number of hydrogen-bond donors (Lipinski definition) is 2. The second-order valence-electron chi connectivity index (χ2n) is 5.02. The molecule has 5 nitrogen and oxygen atoms in total. The van der Waals surface area contributed by atoms with E-state index in [1.54, 1.807) is 18.2 Å². The predicted molar refractivity (Wildman–Crippen MR) is 92.3 cm³/mol. The number of rotatable bonds is 7. The Labute approximate surface area is 136 Å². The van der Waals surface area contributed by atoms with Crippen molar-refractivity contribution < 1.29 is 14.3 Å². The van der Waals surface area contributed by atoms with E-state index in [2.05, 4.69) is 5.32 Å². The molecule has 0 spiro atoms. The van der Waals surface area contributed by atoms with Crippen LogP contribution in [0.3, 0.4) is 0 Å². The third-order valence-corrected chi connectivity index (χ3v) is 3.15. The van der Waals surface area contributed by atoms with Crippen molar-refractivity contribution in [3.63, 3.8) is 0 Å². The molecule has 0 saturated carbocycles. The van der Waals surface area contributed by atoms with E-state index in [0.717, 1.165) is 17.9 Å². The minimum Gasteiger partial charge on any atom is -0.494 e. The third kappa shape index (κ3) is 4.64. The van der Waals surface area contributed by atoms with Crippen molar-refractivity contribution in [2.24, 2.45) is 0 Å². The number of esters is 1. The molecule has 0 atom stereocenters. The van der Waals surface area contributed by atoms with Gasteiger partial charge >= 0.3 is 5.97 Å². The van der Waals surface area contributed by atoms with Crippen molar-refractivity contribution in [3.05, 3.63) is 48.0 Å². The molecule has 2 rings (SSSR count). The van der Waals surface area contributed by atoms with Crippen molar-refractivity contribution >= 4 is 23.0 Å². The molecular weight excluding hydrogens is 292 g/mol. The Balaban J connectivity index is 2.19. The molecule has 0 heterocycles. The Bertz CT molecular complexity index is 654. The molecule has 2 aromatic rings. The lowest BCUT2D eigenvalue weighted by atomic mass is 10.1. The monoisotopic (exact) mass is 314 g/mol. The first kappa shape index (κ1) is 16.7. The van der Waals surface area contributed by atoms with E-state index >= 15 is 0 Å². The summed E-state index contributed by atoms with van der Waals surface area (Å²) in [6.07, 6.45) is 0.774. The molecule has 0 fully saturated rings. The van der Waals surface area contributed by atoms with Crippen LogP contribution in [-0.2, 0) is 4.74 Å². The van der Waals surface area contributed by atoms with Crippen molar-refractivity contribution in [3.8, 4) is 5.75 Å². The largest absolute Gasteiger partial charge is 0.494 e. The number of nitrogen functional groups attached to an aromatic ring is 1. The molecular formula is C18H22N2O3. The summed E-state index contributed by atoms with van der Waals surface area (Å²) in [5, 5.41) is 3.21. The Morgan fingerprint density at radius 1 is 1.13 bits per heavy atom. The molecule has 2 aromatic carbocycles. The van der Waals surface area contributed by atoms with Gasteiger partial charge in [0.2, 0.25) is 0 Å². The van der Waals surface area contributed by atoms with E-state index in [9.17, 15) is 4.79 Å². The summed E-state index contributed by atoms with van der Waals surface area (Å²) in [5.74, 6) is 0.422. The number of benzene rings is 2. The number of carbonyl (C=O) groups excluding carboxylic acids is 1. The second kappa shape index (κ2) is 8.08. The number of ether oxygens (including phenoxy) is 2. The summed E-state index contributed by atoms with van der Waals surface area (Å²) in [5.41, 5.74) is 8.24. The van der Waals surface area contributed by atoms with Crippen LogP contribution in [0.15, 0.2) is 42.5 Å². The Hall–Kier alpha value is -2.69. The maximum absolute atomic E-state index is 12.2. The number of nitrogens with two attached hydrogens (primary N) is 1. The fourth-order valence-electron chi connectivity index (χ4n) is 2.07. The average Bonchev–Trinajstić information content (AvgIpc) is 2.56. The zero-order chi connectivity index (χ0) is 16.7. The highest BCUT2D eigenvalue weighted by Gasteiger charge is 2.13. The van der Waals surface area contributed by atoms with E-state index in [4.69, 9.17) is 15.2 Å². The zero-order valence-electron chi connectivity index (χ0n) is 13.5. The van der Waals surface area contributed by atoms with Gasteiger partial charge in [-0.2, -0.15) is 0 Å². The lowest BCUT2D eigenvalue weighted by Gasteiger charge is -2.13. The molecule has 0 radical (unpaired) electrons. The van der Waals surface area contributed by atoms with Crippen LogP contribution in [0.1, 0.15) is 30.6 Å². The molecule has 122 valence electrons. The molecule has 5 heteroatoms. The first-order valence-corrected chi connectivity index (χ1v) is 7.70. The van der Waals surface area contributed by atoms with Crippen molar-refractivity contribution in [2.45, 2.75) is 20.3 Å². The molecule has 0 amide bonds. The fourth-order valence-corrected chi connectivity index (χ4v) is 2.07. The smallest absolute Gasteiger partial charge is 0.340 e. The minimum atomic E-state index is -0.382. The van der Waals surface area contributed by atoms with Crippen LogP contribution >= 0.6 is 0 Å². The van der Waals surface area contributed by atoms with E-state index < -0.39 is 0 Å². The highest BCUT2D eigenvalue weighted by molar-refractivity contribution is 5.97. The topological polar surface area (TPSA) is 73.6 Å². The van der Waals surface area contributed by atoms with Crippen LogP contribution in [0.25, 0.3) is 0 Å². The quantitative estimate of drug-likeness (QED) is 0.597. The standard InChI is InChI=1S/C18H22N2O3/c1-3-11-23-18(21)16-12-13(19)5-10-17(16)20-14-6-8-15(9-7-14)22-4-2/h5-10,12,20H,3-4,11,19H2,1-2H3. The SMILES string of the molecule is CCCOC(=O)c1cc(N)ccc1Nc1ccc(OCC)cc1. The molecule has 3 N–H and O–H groups in total. The van der Waals surface area contributed by atoms with Crippen molar-refractivity contribution in [2.75, 3.05) is 24.3 Å². The predicted octanol–water partition coefficient (Wildman–Crippen LogP) is 3.98. The van der Waals surface area contributed by atoms with Crippen LogP contribution in [-0.4, -0.2) is 19.2 Å². The fraction of sp³-hybridized carbons (Fsp3) is 0.278. The first-order chi connectivity index (χ1) is 11.1. The van der Waals surface area contributed by atoms with Gasteiger partial charge in [-0.05, 0) is 55.8 Å². The molecule has 0 aromatic heterocycles. The number of nitrogens with one attached hydrogen (secondary N) is 1. The molecule has 0 bridgehead atoms. The summed E-state index contributed by atoms with van der Waals surface area (Å²) in [6.45, 7) is 4.90. The summed E-state index contributed by atoms with van der Waals surface area (Å²) in [4.78, 5) is 12.2. The van der Waals surface area contributed by atoms with Crippen LogP contribution in [0.2, 0.25) is 0 Å². The van der Waals surface area contributed by atoms with Gasteiger partial charge in [0, 0.05) is 11.4 Å². The minimum absolute atomic E-state index is 0.382. The molecule has 0 aliphatic rings. The summed E-state index contributed by atoms with van der Waals surface area (Å²) < 4.78 is 10.6. The second-order valence-corrected chi connectivity index (χ2v) is 5.02. The van der Waals surface area contributed by atoms with Gasteiger partial charge in [0.1, 0.15) is 5.75 Å². The van der Waals surface area contributed by atoms with Gasteiger partial charge in [-0.25, -0.2) is 4.79 Å². The maximum atomic E-state index is 12.2. The van der Waals surface area contributed by atoms with Crippen LogP contribution < -0.4 is 15.8 Å². The van der Waals surface area contributed by atoms with Gasteiger partial charge in [0.25, 0.3) is 0 Å². The van der Waals surface area contributed by atoms with Crippen LogP contribution in [0.5, 0.6) is 5.75 Å². The van der Waals surface area contributed by atoms with Gasteiger partial charge in [-0.3, -0.25) is 0 Å². The number of carbonyl (C=O) groups is 1. The Morgan fingerprint density at radius 3 is 2.52 bits per heavy atom. The van der Waals surface area contributed by atoms with Crippen LogP contribution in [0.4, 0.5) is 17.1 Å². The molecule has 0 unspecified atom stereocenters. The summed E-state index contributed by atoms with van der Waals surface area (Å²) in [7, 11) is 0. The van der Waals surface area contributed by atoms with Gasteiger partial charge < -0.3 is 20.5 Å². The molecule has 23 heavy (non-hydrogen) atoms. The highest BCUT2D eigenvalue weighted by atomic mass is 16.5. The lowest BCUT2D eigenvalue weighted by molar-refractivity contribution is 0.0506. The molecule has 0 aliphatic heterocycles. The average molecular weight is 314 g/mol. The van der Waals surface area contributed by atoms with Crippen LogP contribution in [0, 0.1) is 0 Å². The Morgan fingerprint density at radius 2 is 1.87 bits per heavy atom. The van der Waals surface area contributed by atoms with E-state index in [1.165, 1.54) is 0 Å². The summed E-state index contributed by atoms with van der Waals surface area (Å²) in [6, 6.07) is 12.7. The van der Waals surface area contributed by atoms with E-state index in [0.29, 0.717) is 30.2 Å². The van der Waals surface area contributed by atoms with E-state index in [1.807, 2.05) is 38.1 Å². The van der Waals surface area contributed by atoms with Crippen molar-refractivity contribution in [1.82, 2.24) is 0 Å². The Kier molecular flexibility index (Phi) is 5.86. The summed E-state index contributed by atoms with van der Waals surface area (Å²) >= 11 is 0. The van der Waals surface area contributed by atoms with Gasteiger partial charge in [0.15, 0.2) is 0 Å². The number of anilines is 3. The normalized spacial score (nSPS) is 10.2. The van der Waals surface area contributed by atoms with Gasteiger partial charge in [-0.15, -0.1) is 0 Å². The molecule has 0 saturated heterocycles. The van der Waals surface area contributed by atoms with Gasteiger partial charge in [-0.1, -0.05) is 6.92 Å². The first-order valence-electron chi connectivity index (χ1n) is 7.70. The lowest BCUT2D eigenvalue weighted by Crippen LogP contribution is -2.09. The maximum Gasteiger partial charge on any atom is 0.340 e. The van der Waals surface area contributed by atoms with Crippen molar-refractivity contribution in [1.29, 1.82) is 0 Å². The molecule has 0 aliphatic carbocycles. The van der Waals surface area contributed by atoms with Gasteiger partial charge in [0.05, 0.1) is 24.5 Å². The third-order valence-electron chi connectivity index (χ3n) is 3.15. The number of hydrogen-bond acceptors (Lipinski definition) is 5. The van der Waals surface area contributed by atoms with E-state index in [-0.39, 0.29) is 5.97 Å². The zero-order valence-corrected chi connectivity index (χ0v) is 13.5. The highest BCUT2D eigenvalue weighted by Crippen LogP contribution is 2.25.